The topological polar surface area (TPSA) is 47.0 Å². The maximum Gasteiger partial charge on any atom is 0.133 e. The van der Waals surface area contributed by atoms with Crippen molar-refractivity contribution >= 4 is 5.82 Å². The SMILES string of the molecule is COC1CCC(Nc2ccnc(C3CC3)n2)C1. The fraction of sp³-hybridized carbons (Fsp3) is 0.692. The zero-order chi connectivity index (χ0) is 11.7. The van der Waals surface area contributed by atoms with Crippen molar-refractivity contribution in [2.24, 2.45) is 0 Å². The van der Waals surface area contributed by atoms with Crippen molar-refractivity contribution in [1.82, 2.24) is 9.97 Å². The van der Waals surface area contributed by atoms with Gasteiger partial charge in [0.25, 0.3) is 0 Å². The summed E-state index contributed by atoms with van der Waals surface area (Å²) in [5.74, 6) is 2.60. The lowest BCUT2D eigenvalue weighted by molar-refractivity contribution is 0.108. The van der Waals surface area contributed by atoms with E-state index < -0.39 is 0 Å². The van der Waals surface area contributed by atoms with E-state index in [1.165, 1.54) is 19.3 Å². The van der Waals surface area contributed by atoms with Crippen molar-refractivity contribution in [1.29, 1.82) is 0 Å². The Morgan fingerprint density at radius 1 is 1.29 bits per heavy atom. The Balaban J connectivity index is 1.62. The average molecular weight is 233 g/mol. The van der Waals surface area contributed by atoms with Gasteiger partial charge in [0.15, 0.2) is 0 Å². The molecule has 2 aliphatic rings. The Kier molecular flexibility index (Phi) is 2.97. The molecule has 0 bridgehead atoms. The number of rotatable bonds is 4. The third-order valence-corrected chi connectivity index (χ3v) is 3.69. The molecular formula is C13H19N3O. The minimum Gasteiger partial charge on any atom is -0.381 e. The number of hydrogen-bond acceptors (Lipinski definition) is 4. The van der Waals surface area contributed by atoms with Crippen molar-refractivity contribution < 1.29 is 4.74 Å². The third-order valence-electron chi connectivity index (χ3n) is 3.69. The van der Waals surface area contributed by atoms with Gasteiger partial charge in [-0.15, -0.1) is 0 Å². The zero-order valence-corrected chi connectivity index (χ0v) is 10.2. The second kappa shape index (κ2) is 4.61. The summed E-state index contributed by atoms with van der Waals surface area (Å²) in [6.07, 6.45) is 8.18. The second-order valence-electron chi connectivity index (χ2n) is 5.09. The lowest BCUT2D eigenvalue weighted by Crippen LogP contribution is -2.18. The van der Waals surface area contributed by atoms with Crippen LogP contribution in [0.25, 0.3) is 0 Å². The maximum absolute atomic E-state index is 5.38. The number of aromatic nitrogens is 2. The molecule has 2 unspecified atom stereocenters. The first-order valence-electron chi connectivity index (χ1n) is 6.47. The lowest BCUT2D eigenvalue weighted by atomic mass is 10.2. The van der Waals surface area contributed by atoms with Gasteiger partial charge in [0.1, 0.15) is 11.6 Å². The molecule has 0 spiro atoms. The minimum absolute atomic E-state index is 0.414. The molecule has 0 aliphatic heterocycles. The zero-order valence-electron chi connectivity index (χ0n) is 10.2. The highest BCUT2D eigenvalue weighted by Crippen LogP contribution is 2.38. The summed E-state index contributed by atoms with van der Waals surface area (Å²) in [5.41, 5.74) is 0. The van der Waals surface area contributed by atoms with Gasteiger partial charge in [-0.05, 0) is 38.2 Å². The molecule has 17 heavy (non-hydrogen) atoms. The van der Waals surface area contributed by atoms with E-state index >= 15 is 0 Å². The van der Waals surface area contributed by atoms with E-state index in [2.05, 4.69) is 15.3 Å². The number of nitrogens with zero attached hydrogens (tertiary/aromatic N) is 2. The van der Waals surface area contributed by atoms with Gasteiger partial charge >= 0.3 is 0 Å². The summed E-state index contributed by atoms with van der Waals surface area (Å²) in [6.45, 7) is 0. The predicted molar refractivity (Wildman–Crippen MR) is 66.1 cm³/mol. The summed E-state index contributed by atoms with van der Waals surface area (Å²) in [4.78, 5) is 8.92. The van der Waals surface area contributed by atoms with Gasteiger partial charge in [-0.2, -0.15) is 0 Å². The number of methoxy groups -OCH3 is 1. The van der Waals surface area contributed by atoms with Gasteiger partial charge in [-0.3, -0.25) is 0 Å². The fourth-order valence-corrected chi connectivity index (χ4v) is 2.49. The quantitative estimate of drug-likeness (QED) is 0.867. The Hall–Kier alpha value is -1.16. The smallest absolute Gasteiger partial charge is 0.133 e. The molecule has 4 heteroatoms. The summed E-state index contributed by atoms with van der Waals surface area (Å²) < 4.78 is 5.38. The van der Waals surface area contributed by atoms with Crippen LogP contribution < -0.4 is 5.32 Å². The van der Waals surface area contributed by atoms with Crippen LogP contribution in [0.4, 0.5) is 5.82 Å². The molecule has 1 heterocycles. The maximum atomic E-state index is 5.38. The summed E-state index contributed by atoms with van der Waals surface area (Å²) >= 11 is 0. The Labute approximate surface area is 102 Å². The molecule has 0 amide bonds. The average Bonchev–Trinajstić information content (AvgIpc) is 3.11. The van der Waals surface area contributed by atoms with E-state index in [1.54, 1.807) is 7.11 Å². The second-order valence-corrected chi connectivity index (χ2v) is 5.09. The molecule has 2 atom stereocenters. The van der Waals surface area contributed by atoms with Crippen LogP contribution in [0.3, 0.4) is 0 Å². The number of anilines is 1. The van der Waals surface area contributed by atoms with Crippen LogP contribution in [0, 0.1) is 0 Å². The number of nitrogens with one attached hydrogen (secondary N) is 1. The highest BCUT2D eigenvalue weighted by Gasteiger charge is 2.27. The molecule has 2 fully saturated rings. The van der Waals surface area contributed by atoms with E-state index in [0.29, 0.717) is 18.1 Å². The lowest BCUT2D eigenvalue weighted by Gasteiger charge is -2.13. The minimum atomic E-state index is 0.414. The van der Waals surface area contributed by atoms with Crippen LogP contribution in [0.15, 0.2) is 12.3 Å². The highest BCUT2D eigenvalue weighted by molar-refractivity contribution is 5.35. The third kappa shape index (κ3) is 2.57. The molecule has 2 saturated carbocycles. The molecule has 1 aromatic heterocycles. The van der Waals surface area contributed by atoms with Crippen molar-refractivity contribution in [2.45, 2.75) is 50.2 Å². The van der Waals surface area contributed by atoms with Gasteiger partial charge in [0.05, 0.1) is 6.10 Å². The van der Waals surface area contributed by atoms with Crippen LogP contribution >= 0.6 is 0 Å². The summed E-state index contributed by atoms with van der Waals surface area (Å²) in [7, 11) is 1.79. The van der Waals surface area contributed by atoms with Crippen molar-refractivity contribution in [3.8, 4) is 0 Å². The molecule has 0 radical (unpaired) electrons. The van der Waals surface area contributed by atoms with E-state index in [0.717, 1.165) is 24.5 Å². The first-order chi connectivity index (χ1) is 8.35. The molecule has 0 aromatic carbocycles. The van der Waals surface area contributed by atoms with E-state index in [9.17, 15) is 0 Å². The van der Waals surface area contributed by atoms with E-state index in [4.69, 9.17) is 4.74 Å². The van der Waals surface area contributed by atoms with Crippen LogP contribution in [0.2, 0.25) is 0 Å². The standard InChI is InChI=1S/C13H19N3O/c1-17-11-5-4-10(8-11)15-12-6-7-14-13(16-12)9-2-3-9/h6-7,9-11H,2-5,8H2,1H3,(H,14,15,16). The molecule has 2 aliphatic carbocycles. The fourth-order valence-electron chi connectivity index (χ4n) is 2.49. The molecule has 3 rings (SSSR count). The van der Waals surface area contributed by atoms with Gasteiger partial charge in [0, 0.05) is 25.3 Å². The number of hydrogen-bond donors (Lipinski definition) is 1. The van der Waals surface area contributed by atoms with Crippen LogP contribution in [0.5, 0.6) is 0 Å². The normalized spacial score (nSPS) is 28.3. The van der Waals surface area contributed by atoms with Gasteiger partial charge < -0.3 is 10.1 Å². The summed E-state index contributed by atoms with van der Waals surface area (Å²) in [6, 6.07) is 2.47. The van der Waals surface area contributed by atoms with Crippen LogP contribution in [-0.4, -0.2) is 29.2 Å². The molecule has 4 nitrogen and oxygen atoms in total. The van der Waals surface area contributed by atoms with Crippen LogP contribution in [-0.2, 0) is 4.74 Å². The number of ether oxygens (including phenoxy) is 1. The van der Waals surface area contributed by atoms with Crippen molar-refractivity contribution in [3.05, 3.63) is 18.1 Å². The Morgan fingerprint density at radius 2 is 2.18 bits per heavy atom. The monoisotopic (exact) mass is 233 g/mol. The van der Waals surface area contributed by atoms with Crippen molar-refractivity contribution in [3.63, 3.8) is 0 Å². The van der Waals surface area contributed by atoms with E-state index in [-0.39, 0.29) is 0 Å². The molecule has 0 saturated heterocycles. The highest BCUT2D eigenvalue weighted by atomic mass is 16.5. The van der Waals surface area contributed by atoms with Gasteiger partial charge in [0.2, 0.25) is 0 Å². The van der Waals surface area contributed by atoms with Crippen molar-refractivity contribution in [2.75, 3.05) is 12.4 Å². The summed E-state index contributed by atoms with van der Waals surface area (Å²) in [5, 5.41) is 3.50. The predicted octanol–water partition coefficient (Wildman–Crippen LogP) is 2.33. The molecule has 1 N–H and O–H groups in total. The molecule has 92 valence electrons. The van der Waals surface area contributed by atoms with E-state index in [1.807, 2.05) is 12.3 Å². The largest absolute Gasteiger partial charge is 0.381 e. The Bertz CT molecular complexity index is 392. The van der Waals surface area contributed by atoms with Crippen LogP contribution in [0.1, 0.15) is 43.8 Å². The first-order valence-corrected chi connectivity index (χ1v) is 6.47. The van der Waals surface area contributed by atoms with Gasteiger partial charge in [-0.1, -0.05) is 0 Å². The Morgan fingerprint density at radius 3 is 2.88 bits per heavy atom. The first kappa shape index (κ1) is 11.0. The molecule has 1 aromatic rings. The van der Waals surface area contributed by atoms with Gasteiger partial charge in [-0.25, -0.2) is 9.97 Å². The molecular weight excluding hydrogens is 214 g/mol.